The zero-order chi connectivity index (χ0) is 19.6. The van der Waals surface area contributed by atoms with Gasteiger partial charge in [-0.25, -0.2) is 4.39 Å². The number of hydrogen-bond acceptors (Lipinski definition) is 7. The fourth-order valence-electron chi connectivity index (χ4n) is 2.38. The summed E-state index contributed by atoms with van der Waals surface area (Å²) in [6.07, 6.45) is 0. The van der Waals surface area contributed by atoms with Gasteiger partial charge in [-0.15, -0.1) is 10.2 Å². The Hall–Kier alpha value is -2.46. The summed E-state index contributed by atoms with van der Waals surface area (Å²) < 4.78 is 15.6. The van der Waals surface area contributed by atoms with Gasteiger partial charge in [0, 0.05) is 12.7 Å². The molecule has 2 aromatic heterocycles. The van der Waals surface area contributed by atoms with Crippen LogP contribution in [0, 0.1) is 19.7 Å². The van der Waals surface area contributed by atoms with Crippen molar-refractivity contribution in [2.75, 3.05) is 10.6 Å². The van der Waals surface area contributed by atoms with Gasteiger partial charge in [-0.05, 0) is 39.0 Å². The zero-order valence-electron chi connectivity index (χ0n) is 15.3. The molecule has 2 heterocycles. The van der Waals surface area contributed by atoms with Gasteiger partial charge in [0.25, 0.3) is 0 Å². The summed E-state index contributed by atoms with van der Waals surface area (Å²) in [5, 5.41) is 18.5. The lowest BCUT2D eigenvalue weighted by Gasteiger charge is -2.10. The van der Waals surface area contributed by atoms with Gasteiger partial charge in [0.05, 0.1) is 22.3 Å². The first-order valence-corrected chi connectivity index (χ1v) is 9.87. The fourth-order valence-corrected chi connectivity index (χ4v) is 4.30. The molecular weight excluding hydrogens is 387 g/mol. The number of anilines is 3. The van der Waals surface area contributed by atoms with Gasteiger partial charge in [-0.2, -0.15) is 5.10 Å². The number of rotatable bonds is 6. The molecule has 0 fully saturated rings. The average molecular weight is 407 g/mol. The van der Waals surface area contributed by atoms with E-state index in [0.717, 1.165) is 17.1 Å². The highest BCUT2D eigenvalue weighted by Crippen LogP contribution is 2.31. The number of hydrogen-bond donors (Lipinski definition) is 2. The normalized spacial score (nSPS) is 12.0. The summed E-state index contributed by atoms with van der Waals surface area (Å²) >= 11 is 2.62. The van der Waals surface area contributed by atoms with Crippen LogP contribution in [0.15, 0.2) is 28.6 Å². The third kappa shape index (κ3) is 4.64. The lowest BCUT2D eigenvalue weighted by Crippen LogP contribution is -2.23. The second-order valence-electron chi connectivity index (χ2n) is 5.93. The van der Waals surface area contributed by atoms with E-state index in [9.17, 15) is 9.18 Å². The first-order chi connectivity index (χ1) is 12.8. The molecule has 0 aliphatic rings. The molecule has 0 spiro atoms. The van der Waals surface area contributed by atoms with Crippen LogP contribution in [0.5, 0.6) is 0 Å². The maximum absolute atomic E-state index is 13.2. The lowest BCUT2D eigenvalue weighted by atomic mass is 10.3. The summed E-state index contributed by atoms with van der Waals surface area (Å²) in [6.45, 7) is 5.57. The van der Waals surface area contributed by atoms with Gasteiger partial charge in [0.15, 0.2) is 4.34 Å². The second kappa shape index (κ2) is 8.05. The van der Waals surface area contributed by atoms with Crippen LogP contribution in [0.4, 0.5) is 20.9 Å². The molecule has 0 aliphatic carbocycles. The number of aromatic nitrogens is 4. The van der Waals surface area contributed by atoms with Crippen LogP contribution in [-0.2, 0) is 11.8 Å². The second-order valence-corrected chi connectivity index (χ2v) is 8.49. The first kappa shape index (κ1) is 19.3. The average Bonchev–Trinajstić information content (AvgIpc) is 3.14. The van der Waals surface area contributed by atoms with Crippen molar-refractivity contribution in [3.8, 4) is 0 Å². The monoisotopic (exact) mass is 406 g/mol. The molecule has 0 saturated heterocycles. The highest BCUT2D eigenvalue weighted by molar-refractivity contribution is 8.02. The molecule has 10 heteroatoms. The highest BCUT2D eigenvalue weighted by atomic mass is 32.2. The summed E-state index contributed by atoms with van der Waals surface area (Å²) in [5.74, 6) is -0.459. The molecule has 142 valence electrons. The molecular formula is C17H19FN6OS2. The van der Waals surface area contributed by atoms with Crippen LogP contribution < -0.4 is 10.6 Å². The Bertz CT molecular complexity index is 970. The number of carbonyl (C=O) groups is 1. The van der Waals surface area contributed by atoms with E-state index in [2.05, 4.69) is 25.9 Å². The molecule has 2 N–H and O–H groups in total. The van der Waals surface area contributed by atoms with Crippen molar-refractivity contribution in [2.45, 2.75) is 30.4 Å². The van der Waals surface area contributed by atoms with Crippen molar-refractivity contribution in [3.05, 3.63) is 41.5 Å². The maximum Gasteiger partial charge on any atom is 0.237 e. The molecule has 3 rings (SSSR count). The van der Waals surface area contributed by atoms with Gasteiger partial charge in [-0.1, -0.05) is 29.2 Å². The van der Waals surface area contributed by atoms with E-state index in [4.69, 9.17) is 0 Å². The smallest absolute Gasteiger partial charge is 0.237 e. The largest absolute Gasteiger partial charge is 0.330 e. The van der Waals surface area contributed by atoms with Crippen LogP contribution in [-0.4, -0.2) is 31.1 Å². The molecule has 1 atom stereocenters. The molecule has 1 amide bonds. The van der Waals surface area contributed by atoms with E-state index >= 15 is 0 Å². The summed E-state index contributed by atoms with van der Waals surface area (Å²) in [4.78, 5) is 12.5. The zero-order valence-corrected chi connectivity index (χ0v) is 16.9. The minimum Gasteiger partial charge on any atom is -0.330 e. The highest BCUT2D eigenvalue weighted by Gasteiger charge is 2.20. The van der Waals surface area contributed by atoms with Gasteiger partial charge in [0.1, 0.15) is 5.82 Å². The van der Waals surface area contributed by atoms with Crippen molar-refractivity contribution in [2.24, 2.45) is 7.05 Å². The van der Waals surface area contributed by atoms with E-state index in [0.29, 0.717) is 15.2 Å². The van der Waals surface area contributed by atoms with Crippen LogP contribution in [0.25, 0.3) is 0 Å². The van der Waals surface area contributed by atoms with E-state index in [1.54, 1.807) is 16.8 Å². The van der Waals surface area contributed by atoms with Crippen molar-refractivity contribution in [3.63, 3.8) is 0 Å². The quantitative estimate of drug-likeness (QED) is 0.604. The summed E-state index contributed by atoms with van der Waals surface area (Å²) in [6, 6.07) is 6.11. The predicted octanol–water partition coefficient (Wildman–Crippen LogP) is 3.89. The Balaban J connectivity index is 1.61. The van der Waals surface area contributed by atoms with Gasteiger partial charge in [0.2, 0.25) is 11.0 Å². The molecule has 7 nitrogen and oxygen atoms in total. The van der Waals surface area contributed by atoms with E-state index < -0.39 is 0 Å². The summed E-state index contributed by atoms with van der Waals surface area (Å²) in [7, 11) is 1.84. The molecule has 1 unspecified atom stereocenters. The number of carbonyl (C=O) groups excluding carboxylic acids is 1. The van der Waals surface area contributed by atoms with E-state index in [-0.39, 0.29) is 17.0 Å². The Morgan fingerprint density at radius 1 is 1.33 bits per heavy atom. The Morgan fingerprint density at radius 2 is 2.11 bits per heavy atom. The van der Waals surface area contributed by atoms with Crippen LogP contribution in [0.1, 0.15) is 18.3 Å². The molecule has 27 heavy (non-hydrogen) atoms. The van der Waals surface area contributed by atoms with Gasteiger partial charge in [-0.3, -0.25) is 9.48 Å². The Labute approximate surface area is 164 Å². The Morgan fingerprint density at radius 3 is 2.78 bits per heavy atom. The van der Waals surface area contributed by atoms with E-state index in [1.807, 2.05) is 27.8 Å². The minimum atomic E-state index is -0.362. The number of benzene rings is 1. The Kier molecular flexibility index (Phi) is 5.76. The van der Waals surface area contributed by atoms with E-state index in [1.165, 1.54) is 35.2 Å². The standard InChI is InChI=1S/C17H19FN6OS2/c1-9-14(10(2)24(4)23-9)20-15(25)11(3)26-17-22-21-16(27-17)19-13-7-5-6-12(18)8-13/h5-8,11H,1-4H3,(H,19,21)(H,20,25). The fraction of sp³-hybridized carbons (Fsp3) is 0.294. The maximum atomic E-state index is 13.2. The minimum absolute atomic E-state index is 0.131. The lowest BCUT2D eigenvalue weighted by molar-refractivity contribution is -0.115. The molecule has 0 aliphatic heterocycles. The third-order valence-electron chi connectivity index (χ3n) is 3.89. The molecule has 0 radical (unpaired) electrons. The molecule has 1 aromatic carbocycles. The van der Waals surface area contributed by atoms with Crippen LogP contribution >= 0.6 is 23.1 Å². The van der Waals surface area contributed by atoms with Crippen LogP contribution in [0.3, 0.4) is 0 Å². The molecule has 0 bridgehead atoms. The number of thioether (sulfide) groups is 1. The van der Waals surface area contributed by atoms with Crippen molar-refractivity contribution < 1.29 is 9.18 Å². The van der Waals surface area contributed by atoms with Gasteiger partial charge < -0.3 is 10.6 Å². The van der Waals surface area contributed by atoms with Crippen LogP contribution in [0.2, 0.25) is 0 Å². The number of amides is 1. The van der Waals surface area contributed by atoms with Gasteiger partial charge >= 0.3 is 0 Å². The first-order valence-electron chi connectivity index (χ1n) is 8.17. The number of nitrogens with zero attached hydrogens (tertiary/aromatic N) is 4. The van der Waals surface area contributed by atoms with Crippen molar-refractivity contribution >= 4 is 45.5 Å². The predicted molar refractivity (Wildman–Crippen MR) is 106 cm³/mol. The molecule has 0 saturated carbocycles. The SMILES string of the molecule is Cc1nn(C)c(C)c1NC(=O)C(C)Sc1nnc(Nc2cccc(F)c2)s1. The number of nitrogens with one attached hydrogen (secondary N) is 2. The van der Waals surface area contributed by atoms with Crippen molar-refractivity contribution in [1.29, 1.82) is 0 Å². The number of halogens is 1. The third-order valence-corrected chi connectivity index (χ3v) is 5.91. The number of aryl methyl sites for hydroxylation is 2. The van der Waals surface area contributed by atoms with Crippen molar-refractivity contribution in [1.82, 2.24) is 20.0 Å². The topological polar surface area (TPSA) is 84.7 Å². The molecule has 3 aromatic rings. The summed E-state index contributed by atoms with van der Waals surface area (Å²) in [5.41, 5.74) is 3.00.